The van der Waals surface area contributed by atoms with Crippen LogP contribution >= 0.6 is 0 Å². The molecule has 2 aromatic heterocycles. The average Bonchev–Trinajstić information content (AvgIpc) is 2.68. The van der Waals surface area contributed by atoms with Crippen molar-refractivity contribution < 1.29 is 4.79 Å². The molecule has 0 unspecified atom stereocenters. The highest BCUT2D eigenvalue weighted by molar-refractivity contribution is 5.94. The van der Waals surface area contributed by atoms with Gasteiger partial charge in [-0.25, -0.2) is 9.67 Å². The Hall–Kier alpha value is -2.17. The van der Waals surface area contributed by atoms with Gasteiger partial charge in [0.05, 0.1) is 17.6 Å². The number of hydrogen-bond donors (Lipinski definition) is 1. The molecule has 106 valence electrons. The number of aromatic nitrogens is 3. The molecule has 0 aromatic carbocycles. The van der Waals surface area contributed by atoms with E-state index in [1.54, 1.807) is 10.9 Å². The van der Waals surface area contributed by atoms with E-state index in [1.807, 2.05) is 52.8 Å². The first kappa shape index (κ1) is 14.2. The minimum Gasteiger partial charge on any atom is -0.324 e. The summed E-state index contributed by atoms with van der Waals surface area (Å²) in [7, 11) is 0. The molecule has 0 aliphatic carbocycles. The van der Waals surface area contributed by atoms with Crippen LogP contribution in [-0.4, -0.2) is 20.7 Å². The Morgan fingerprint density at radius 1 is 1.25 bits per heavy atom. The van der Waals surface area contributed by atoms with E-state index in [9.17, 15) is 4.79 Å². The van der Waals surface area contributed by atoms with E-state index in [1.165, 1.54) is 0 Å². The Morgan fingerprint density at radius 3 is 2.40 bits per heavy atom. The summed E-state index contributed by atoms with van der Waals surface area (Å²) >= 11 is 0. The topological polar surface area (TPSA) is 59.8 Å². The van der Waals surface area contributed by atoms with Crippen LogP contribution in [0.2, 0.25) is 0 Å². The second kappa shape index (κ2) is 5.07. The lowest BCUT2D eigenvalue weighted by Gasteiger charge is -2.17. The highest BCUT2D eigenvalue weighted by Crippen LogP contribution is 2.18. The van der Waals surface area contributed by atoms with E-state index in [0.29, 0.717) is 5.69 Å². The minimum absolute atomic E-state index is 0.0295. The number of pyridine rings is 1. The summed E-state index contributed by atoms with van der Waals surface area (Å²) in [6.45, 7) is 9.55. The number of amides is 1. The number of rotatable bonds is 2. The Balaban J connectivity index is 2.19. The van der Waals surface area contributed by atoms with Gasteiger partial charge >= 0.3 is 0 Å². The highest BCUT2D eigenvalue weighted by atomic mass is 16.2. The largest absolute Gasteiger partial charge is 0.324 e. The molecule has 0 fully saturated rings. The van der Waals surface area contributed by atoms with Crippen molar-refractivity contribution >= 4 is 11.6 Å². The lowest BCUT2D eigenvalue weighted by Crippen LogP contribution is -2.27. The van der Waals surface area contributed by atoms with Gasteiger partial charge < -0.3 is 5.32 Å². The van der Waals surface area contributed by atoms with Crippen LogP contribution in [0.15, 0.2) is 24.4 Å². The fourth-order valence-electron chi connectivity index (χ4n) is 1.76. The van der Waals surface area contributed by atoms with Crippen molar-refractivity contribution in [2.24, 2.45) is 5.41 Å². The monoisotopic (exact) mass is 272 g/mol. The third-order valence-corrected chi connectivity index (χ3v) is 2.91. The summed E-state index contributed by atoms with van der Waals surface area (Å²) in [4.78, 5) is 16.2. The number of hydrogen-bond acceptors (Lipinski definition) is 3. The zero-order chi connectivity index (χ0) is 14.9. The molecule has 0 spiro atoms. The molecule has 5 heteroatoms. The molecular formula is C15H20N4O. The SMILES string of the molecule is Cc1cc(C)n(-c2ccc(NC(=O)C(C)(C)C)cn2)n1. The standard InChI is InChI=1S/C15H20N4O/c1-10-8-11(2)19(18-10)13-7-6-12(9-16-13)17-14(20)15(3,4)5/h6-9H,1-5H3,(H,17,20). The predicted molar refractivity (Wildman–Crippen MR) is 78.9 cm³/mol. The zero-order valence-corrected chi connectivity index (χ0v) is 12.6. The molecule has 0 saturated carbocycles. The van der Waals surface area contributed by atoms with Crippen molar-refractivity contribution in [3.05, 3.63) is 35.8 Å². The summed E-state index contributed by atoms with van der Waals surface area (Å²) in [5, 5.41) is 7.23. The van der Waals surface area contributed by atoms with Gasteiger partial charge in [-0.1, -0.05) is 20.8 Å². The van der Waals surface area contributed by atoms with Crippen LogP contribution in [0, 0.1) is 19.3 Å². The number of anilines is 1. The van der Waals surface area contributed by atoms with E-state index >= 15 is 0 Å². The van der Waals surface area contributed by atoms with Gasteiger partial charge in [-0.15, -0.1) is 0 Å². The Labute approximate surface area is 119 Å². The van der Waals surface area contributed by atoms with Gasteiger partial charge in [-0.2, -0.15) is 5.10 Å². The molecule has 1 N–H and O–H groups in total. The number of carbonyl (C=O) groups is 1. The lowest BCUT2D eigenvalue weighted by molar-refractivity contribution is -0.123. The zero-order valence-electron chi connectivity index (χ0n) is 12.6. The van der Waals surface area contributed by atoms with Crippen LogP contribution in [0.4, 0.5) is 5.69 Å². The molecule has 0 aliphatic heterocycles. The van der Waals surface area contributed by atoms with Crippen LogP contribution in [-0.2, 0) is 4.79 Å². The maximum atomic E-state index is 11.9. The summed E-state index contributed by atoms with van der Waals surface area (Å²) in [6, 6.07) is 5.68. The van der Waals surface area contributed by atoms with Crippen molar-refractivity contribution in [3.8, 4) is 5.82 Å². The molecule has 1 amide bonds. The Morgan fingerprint density at radius 2 is 1.95 bits per heavy atom. The number of carbonyl (C=O) groups excluding carboxylic acids is 1. The van der Waals surface area contributed by atoms with Crippen LogP contribution in [0.3, 0.4) is 0 Å². The maximum absolute atomic E-state index is 11.9. The number of aryl methyl sites for hydroxylation is 2. The first-order valence-corrected chi connectivity index (χ1v) is 6.58. The van der Waals surface area contributed by atoms with Crippen molar-refractivity contribution in [2.45, 2.75) is 34.6 Å². The van der Waals surface area contributed by atoms with Crippen LogP contribution in [0.25, 0.3) is 5.82 Å². The fourth-order valence-corrected chi connectivity index (χ4v) is 1.76. The summed E-state index contributed by atoms with van der Waals surface area (Å²) in [5.74, 6) is 0.711. The molecule has 20 heavy (non-hydrogen) atoms. The molecule has 2 rings (SSSR count). The van der Waals surface area contributed by atoms with Gasteiger partial charge in [0.1, 0.15) is 0 Å². The number of nitrogens with one attached hydrogen (secondary N) is 1. The normalized spacial score (nSPS) is 11.4. The maximum Gasteiger partial charge on any atom is 0.229 e. The molecule has 0 atom stereocenters. The van der Waals surface area contributed by atoms with Crippen molar-refractivity contribution in [3.63, 3.8) is 0 Å². The van der Waals surface area contributed by atoms with Gasteiger partial charge in [0.25, 0.3) is 0 Å². The van der Waals surface area contributed by atoms with Gasteiger partial charge in [0.15, 0.2) is 5.82 Å². The van der Waals surface area contributed by atoms with Crippen LogP contribution in [0.1, 0.15) is 32.2 Å². The average molecular weight is 272 g/mol. The second-order valence-electron chi connectivity index (χ2n) is 5.95. The van der Waals surface area contributed by atoms with Crippen molar-refractivity contribution in [1.29, 1.82) is 0 Å². The van der Waals surface area contributed by atoms with E-state index in [0.717, 1.165) is 17.2 Å². The number of nitrogens with zero attached hydrogens (tertiary/aromatic N) is 3. The van der Waals surface area contributed by atoms with E-state index in [-0.39, 0.29) is 5.91 Å². The minimum atomic E-state index is -0.422. The first-order chi connectivity index (χ1) is 9.27. The Bertz CT molecular complexity index is 620. The molecule has 0 bridgehead atoms. The quantitative estimate of drug-likeness (QED) is 0.914. The third-order valence-electron chi connectivity index (χ3n) is 2.91. The molecule has 2 heterocycles. The van der Waals surface area contributed by atoms with Gasteiger partial charge in [-0.05, 0) is 32.0 Å². The van der Waals surface area contributed by atoms with E-state index in [4.69, 9.17) is 0 Å². The third kappa shape index (κ3) is 3.04. The smallest absolute Gasteiger partial charge is 0.229 e. The Kier molecular flexibility index (Phi) is 3.61. The van der Waals surface area contributed by atoms with Crippen molar-refractivity contribution in [1.82, 2.24) is 14.8 Å². The fraction of sp³-hybridized carbons (Fsp3) is 0.400. The van der Waals surface area contributed by atoms with Crippen LogP contribution < -0.4 is 5.32 Å². The first-order valence-electron chi connectivity index (χ1n) is 6.58. The molecule has 0 aliphatic rings. The molecule has 0 radical (unpaired) electrons. The van der Waals surface area contributed by atoms with Gasteiger partial charge in [0.2, 0.25) is 5.91 Å². The lowest BCUT2D eigenvalue weighted by atomic mass is 9.96. The van der Waals surface area contributed by atoms with E-state index < -0.39 is 5.41 Å². The van der Waals surface area contributed by atoms with Gasteiger partial charge in [-0.3, -0.25) is 4.79 Å². The molecule has 2 aromatic rings. The second-order valence-corrected chi connectivity index (χ2v) is 5.95. The van der Waals surface area contributed by atoms with Gasteiger partial charge in [0, 0.05) is 11.1 Å². The highest BCUT2D eigenvalue weighted by Gasteiger charge is 2.21. The summed E-state index contributed by atoms with van der Waals surface area (Å²) in [6.07, 6.45) is 1.65. The van der Waals surface area contributed by atoms with Crippen LogP contribution in [0.5, 0.6) is 0 Å². The molecule has 5 nitrogen and oxygen atoms in total. The van der Waals surface area contributed by atoms with E-state index in [2.05, 4.69) is 15.4 Å². The summed E-state index contributed by atoms with van der Waals surface area (Å²) in [5.41, 5.74) is 2.25. The summed E-state index contributed by atoms with van der Waals surface area (Å²) < 4.78 is 1.78. The molecule has 0 saturated heterocycles. The molecular weight excluding hydrogens is 252 g/mol. The van der Waals surface area contributed by atoms with Crippen molar-refractivity contribution in [2.75, 3.05) is 5.32 Å². The predicted octanol–water partition coefficient (Wildman–Crippen LogP) is 2.87.